The minimum Gasteiger partial charge on any atom is -0.393 e. The Morgan fingerprint density at radius 2 is 1.67 bits per heavy atom. The first kappa shape index (κ1) is 20.0. The van der Waals surface area contributed by atoms with Crippen molar-refractivity contribution in [1.82, 2.24) is 0 Å². The Balaban J connectivity index is 1.57. The van der Waals surface area contributed by atoms with Crippen LogP contribution in [0.4, 0.5) is 0 Å². The lowest BCUT2D eigenvalue weighted by Crippen LogP contribution is -2.92. The summed E-state index contributed by atoms with van der Waals surface area (Å²) < 4.78 is 6.20. The van der Waals surface area contributed by atoms with E-state index in [0.717, 1.165) is 36.8 Å². The second-order valence-corrected chi connectivity index (χ2v) is 7.67. The van der Waals surface area contributed by atoms with Gasteiger partial charge in [0, 0.05) is 12.8 Å². The number of hydrogen-bond donors (Lipinski definition) is 3. The molecule has 0 unspecified atom stereocenters. The molecule has 0 aromatic heterocycles. The Labute approximate surface area is 162 Å². The SMILES string of the molecule is Cc1ccccc1[C@H](OC[C@@H](O)C[NH2+]C1CCC(O)CC1)c1ccccc1. The Morgan fingerprint density at radius 1 is 1.00 bits per heavy atom. The van der Waals surface area contributed by atoms with Crippen molar-refractivity contribution in [2.24, 2.45) is 0 Å². The van der Waals surface area contributed by atoms with E-state index < -0.39 is 6.10 Å². The zero-order valence-corrected chi connectivity index (χ0v) is 16.1. The summed E-state index contributed by atoms with van der Waals surface area (Å²) >= 11 is 0. The average Bonchev–Trinajstić information content (AvgIpc) is 2.70. The molecule has 4 nitrogen and oxygen atoms in total. The molecule has 4 heteroatoms. The van der Waals surface area contributed by atoms with Gasteiger partial charge in [-0.05, 0) is 36.5 Å². The van der Waals surface area contributed by atoms with Gasteiger partial charge in [0.1, 0.15) is 18.8 Å². The Hall–Kier alpha value is -1.72. The summed E-state index contributed by atoms with van der Waals surface area (Å²) in [6.45, 7) is 3.03. The number of aliphatic hydroxyl groups is 2. The molecule has 146 valence electrons. The van der Waals surface area contributed by atoms with Gasteiger partial charge in [-0.15, -0.1) is 0 Å². The minimum atomic E-state index is -0.507. The molecule has 0 heterocycles. The van der Waals surface area contributed by atoms with Gasteiger partial charge in [-0.1, -0.05) is 54.6 Å². The topological polar surface area (TPSA) is 66.3 Å². The van der Waals surface area contributed by atoms with Crippen LogP contribution in [0.5, 0.6) is 0 Å². The van der Waals surface area contributed by atoms with Crippen LogP contribution in [0.2, 0.25) is 0 Å². The van der Waals surface area contributed by atoms with Gasteiger partial charge in [0.15, 0.2) is 0 Å². The van der Waals surface area contributed by atoms with Gasteiger partial charge >= 0.3 is 0 Å². The summed E-state index contributed by atoms with van der Waals surface area (Å²) in [7, 11) is 0. The summed E-state index contributed by atoms with van der Waals surface area (Å²) in [6, 6.07) is 18.9. The van der Waals surface area contributed by atoms with Crippen LogP contribution < -0.4 is 5.32 Å². The molecule has 2 atom stereocenters. The van der Waals surface area contributed by atoms with E-state index in [0.29, 0.717) is 19.2 Å². The fourth-order valence-electron chi connectivity index (χ4n) is 3.84. The fraction of sp³-hybridized carbons (Fsp3) is 0.478. The van der Waals surface area contributed by atoms with E-state index in [9.17, 15) is 10.2 Å². The predicted octanol–water partition coefficient (Wildman–Crippen LogP) is 2.33. The van der Waals surface area contributed by atoms with E-state index >= 15 is 0 Å². The van der Waals surface area contributed by atoms with Crippen molar-refractivity contribution in [3.63, 3.8) is 0 Å². The molecule has 1 aliphatic rings. The van der Waals surface area contributed by atoms with E-state index in [4.69, 9.17) is 4.74 Å². The van der Waals surface area contributed by atoms with Gasteiger partial charge in [-0.2, -0.15) is 0 Å². The average molecular weight is 371 g/mol. The third-order valence-corrected chi connectivity index (χ3v) is 5.51. The second-order valence-electron chi connectivity index (χ2n) is 7.67. The maximum absolute atomic E-state index is 10.4. The minimum absolute atomic E-state index is 0.136. The van der Waals surface area contributed by atoms with Crippen molar-refractivity contribution in [2.75, 3.05) is 13.2 Å². The molecule has 1 fully saturated rings. The maximum Gasteiger partial charge on any atom is 0.126 e. The maximum atomic E-state index is 10.4. The highest BCUT2D eigenvalue weighted by molar-refractivity contribution is 5.35. The van der Waals surface area contributed by atoms with Crippen molar-refractivity contribution < 1.29 is 20.3 Å². The van der Waals surface area contributed by atoms with E-state index in [1.165, 1.54) is 5.56 Å². The van der Waals surface area contributed by atoms with E-state index in [1.54, 1.807) is 0 Å². The van der Waals surface area contributed by atoms with Crippen LogP contribution in [0.25, 0.3) is 0 Å². The van der Waals surface area contributed by atoms with Crippen molar-refractivity contribution in [2.45, 2.75) is 57.0 Å². The van der Waals surface area contributed by atoms with Crippen molar-refractivity contribution in [3.8, 4) is 0 Å². The molecule has 2 aromatic rings. The highest BCUT2D eigenvalue weighted by atomic mass is 16.5. The molecule has 4 N–H and O–H groups in total. The Bertz CT molecular complexity index is 683. The summed E-state index contributed by atoms with van der Waals surface area (Å²) in [6.07, 6.45) is 2.96. The van der Waals surface area contributed by atoms with Gasteiger partial charge < -0.3 is 20.3 Å². The first-order valence-corrected chi connectivity index (χ1v) is 10.0. The molecule has 1 saturated carbocycles. The number of rotatable bonds is 8. The normalized spacial score (nSPS) is 22.3. The van der Waals surface area contributed by atoms with Crippen molar-refractivity contribution >= 4 is 0 Å². The van der Waals surface area contributed by atoms with Gasteiger partial charge in [-0.3, -0.25) is 0 Å². The summed E-state index contributed by atoms with van der Waals surface area (Å²) in [5.41, 5.74) is 3.43. The standard InChI is InChI=1S/C23H31NO3/c1-17-7-5-6-10-22(17)23(18-8-3-2-4-9-18)27-16-21(26)15-24-19-11-13-20(25)14-12-19/h2-10,19-21,23-26H,11-16H2,1H3/p+1/t19?,20?,21-,23+/m0/s1. The molecule has 0 saturated heterocycles. The molecule has 1 aliphatic carbocycles. The van der Waals surface area contributed by atoms with E-state index in [-0.39, 0.29) is 12.2 Å². The van der Waals surface area contributed by atoms with Gasteiger partial charge in [0.25, 0.3) is 0 Å². The lowest BCUT2D eigenvalue weighted by Gasteiger charge is -2.25. The lowest BCUT2D eigenvalue weighted by molar-refractivity contribution is -0.697. The highest BCUT2D eigenvalue weighted by Gasteiger charge is 2.23. The van der Waals surface area contributed by atoms with Crippen LogP contribution >= 0.6 is 0 Å². The molecule has 27 heavy (non-hydrogen) atoms. The molecule has 0 radical (unpaired) electrons. The van der Waals surface area contributed by atoms with Gasteiger partial charge in [0.2, 0.25) is 0 Å². The summed E-state index contributed by atoms with van der Waals surface area (Å²) in [5.74, 6) is 0. The van der Waals surface area contributed by atoms with E-state index in [2.05, 4.69) is 36.5 Å². The van der Waals surface area contributed by atoms with Crippen molar-refractivity contribution in [1.29, 1.82) is 0 Å². The smallest absolute Gasteiger partial charge is 0.126 e. The van der Waals surface area contributed by atoms with E-state index in [1.807, 2.05) is 30.3 Å². The Morgan fingerprint density at radius 3 is 2.37 bits per heavy atom. The highest BCUT2D eigenvalue weighted by Crippen LogP contribution is 2.28. The molecule has 2 aromatic carbocycles. The first-order valence-electron chi connectivity index (χ1n) is 10.0. The zero-order chi connectivity index (χ0) is 19.1. The molecular formula is C23H32NO3+. The number of quaternary nitrogens is 1. The summed E-state index contributed by atoms with van der Waals surface area (Å²) in [5, 5.41) is 22.3. The lowest BCUT2D eigenvalue weighted by atomic mass is 9.93. The second kappa shape index (κ2) is 10.00. The largest absolute Gasteiger partial charge is 0.393 e. The number of nitrogens with two attached hydrogens (primary N) is 1. The van der Waals surface area contributed by atoms with Gasteiger partial charge in [-0.25, -0.2) is 0 Å². The third-order valence-electron chi connectivity index (χ3n) is 5.51. The predicted molar refractivity (Wildman–Crippen MR) is 106 cm³/mol. The van der Waals surface area contributed by atoms with Crippen molar-refractivity contribution in [3.05, 3.63) is 71.3 Å². The van der Waals surface area contributed by atoms with Crippen LogP contribution in [-0.2, 0) is 4.74 Å². The molecule has 0 aliphatic heterocycles. The number of aliphatic hydroxyl groups excluding tert-OH is 2. The number of aryl methyl sites for hydroxylation is 1. The summed E-state index contributed by atoms with van der Waals surface area (Å²) in [4.78, 5) is 0. The molecule has 3 rings (SSSR count). The van der Waals surface area contributed by atoms with Gasteiger partial charge in [0.05, 0.1) is 18.8 Å². The first-order chi connectivity index (χ1) is 13.1. The fourth-order valence-corrected chi connectivity index (χ4v) is 3.84. The number of benzene rings is 2. The molecular weight excluding hydrogens is 338 g/mol. The Kier molecular flexibility index (Phi) is 7.41. The zero-order valence-electron chi connectivity index (χ0n) is 16.1. The molecule has 0 spiro atoms. The molecule has 0 bridgehead atoms. The monoisotopic (exact) mass is 370 g/mol. The quantitative estimate of drug-likeness (QED) is 0.668. The number of ether oxygens (including phenoxy) is 1. The van der Waals surface area contributed by atoms with Crippen LogP contribution in [0.15, 0.2) is 54.6 Å². The van der Waals surface area contributed by atoms with Crippen LogP contribution in [0.1, 0.15) is 48.5 Å². The molecule has 0 amide bonds. The number of hydrogen-bond acceptors (Lipinski definition) is 3. The van der Waals surface area contributed by atoms with Crippen LogP contribution in [0, 0.1) is 6.92 Å². The third kappa shape index (κ3) is 5.88. The van der Waals surface area contributed by atoms with Crippen LogP contribution in [-0.4, -0.2) is 41.6 Å². The van der Waals surface area contributed by atoms with Crippen LogP contribution in [0.3, 0.4) is 0 Å².